The quantitative estimate of drug-likeness (QED) is 0.384. The molecule has 0 N–H and O–H groups in total. The van der Waals surface area contributed by atoms with E-state index in [1.807, 2.05) is 89.6 Å². The van der Waals surface area contributed by atoms with Gasteiger partial charge in [0.15, 0.2) is 5.82 Å². The number of pyridine rings is 1. The number of hydrogen-bond donors (Lipinski definition) is 0. The highest BCUT2D eigenvalue weighted by atomic mass is 16.2. The van der Waals surface area contributed by atoms with Gasteiger partial charge in [-0.2, -0.15) is 0 Å². The Labute approximate surface area is 234 Å². The molecule has 0 saturated carbocycles. The molecule has 2 aromatic heterocycles. The highest BCUT2D eigenvalue weighted by molar-refractivity contribution is 5.96. The second-order valence-corrected chi connectivity index (χ2v) is 10.6. The Morgan fingerprint density at radius 3 is 1.80 bits per heavy atom. The number of likely N-dealkylation sites (tertiary alicyclic amines) is 1. The third-order valence-corrected chi connectivity index (χ3v) is 8.09. The summed E-state index contributed by atoms with van der Waals surface area (Å²) in [6, 6.07) is 24.3. The highest BCUT2D eigenvalue weighted by Crippen LogP contribution is 2.26. The van der Waals surface area contributed by atoms with Crippen LogP contribution in [0, 0.1) is 0 Å². The van der Waals surface area contributed by atoms with Crippen LogP contribution in [0.4, 0.5) is 0 Å². The molecule has 2 aliphatic rings. The molecule has 6 rings (SSSR count). The van der Waals surface area contributed by atoms with Gasteiger partial charge in [-0.3, -0.25) is 14.5 Å². The van der Waals surface area contributed by atoms with E-state index >= 15 is 0 Å². The number of hydrogen-bond acceptors (Lipinski definition) is 5. The second-order valence-electron chi connectivity index (χ2n) is 10.6. The monoisotopic (exact) mass is 534 g/mol. The summed E-state index contributed by atoms with van der Waals surface area (Å²) in [6.07, 6.45) is 5.35. The van der Waals surface area contributed by atoms with Crippen LogP contribution in [-0.4, -0.2) is 86.4 Å². The lowest BCUT2D eigenvalue weighted by molar-refractivity contribution is 0.0407. The van der Waals surface area contributed by atoms with Crippen LogP contribution in [0.5, 0.6) is 0 Å². The third kappa shape index (κ3) is 5.40. The Balaban J connectivity index is 1.11. The summed E-state index contributed by atoms with van der Waals surface area (Å²) in [5, 5.41) is 0. The van der Waals surface area contributed by atoms with Crippen molar-refractivity contribution in [3.63, 3.8) is 0 Å². The summed E-state index contributed by atoms with van der Waals surface area (Å²) in [5.41, 5.74) is 4.26. The normalized spacial score (nSPS) is 16.7. The van der Waals surface area contributed by atoms with E-state index in [1.54, 1.807) is 17.0 Å². The van der Waals surface area contributed by atoms with Crippen LogP contribution < -0.4 is 0 Å². The van der Waals surface area contributed by atoms with Gasteiger partial charge in [-0.1, -0.05) is 60.7 Å². The maximum atomic E-state index is 13.7. The van der Waals surface area contributed by atoms with Crippen LogP contribution in [0.2, 0.25) is 0 Å². The lowest BCUT2D eigenvalue weighted by Gasteiger charge is -2.42. The van der Waals surface area contributed by atoms with Crippen molar-refractivity contribution in [3.8, 4) is 22.5 Å². The first-order chi connectivity index (χ1) is 19.6. The number of piperidine rings is 1. The zero-order valence-electron chi connectivity index (χ0n) is 22.8. The number of carbonyl (C=O) groups is 2. The van der Waals surface area contributed by atoms with E-state index in [-0.39, 0.29) is 11.8 Å². The van der Waals surface area contributed by atoms with Gasteiger partial charge >= 0.3 is 0 Å². The topological polar surface area (TPSA) is 74.6 Å². The average Bonchev–Trinajstić information content (AvgIpc) is 3.46. The minimum atomic E-state index is 0.00320. The zero-order valence-corrected chi connectivity index (χ0v) is 22.8. The van der Waals surface area contributed by atoms with Gasteiger partial charge in [-0.05, 0) is 25.0 Å². The van der Waals surface area contributed by atoms with Crippen LogP contribution >= 0.6 is 0 Å². The van der Waals surface area contributed by atoms with Crippen molar-refractivity contribution < 1.29 is 9.59 Å². The number of nitrogens with zero attached hydrogens (tertiary/aromatic N) is 6. The SMILES string of the molecule is Cn1ccnc1C(=O)N1CCC(N2CCN(C(=O)c3cc(-c4ccccc4)nc(-c4ccccc4)c3)CC2)CC1. The highest BCUT2D eigenvalue weighted by Gasteiger charge is 2.31. The summed E-state index contributed by atoms with van der Waals surface area (Å²) >= 11 is 0. The lowest BCUT2D eigenvalue weighted by atomic mass is 10.0. The van der Waals surface area contributed by atoms with Crippen LogP contribution in [0.3, 0.4) is 0 Å². The summed E-state index contributed by atoms with van der Waals surface area (Å²) in [5.74, 6) is 0.544. The number of aryl methyl sites for hydroxylation is 1. The van der Waals surface area contributed by atoms with E-state index in [1.165, 1.54) is 0 Å². The molecule has 0 unspecified atom stereocenters. The van der Waals surface area contributed by atoms with Gasteiger partial charge in [0.05, 0.1) is 11.4 Å². The number of benzene rings is 2. The maximum absolute atomic E-state index is 13.7. The van der Waals surface area contributed by atoms with Crippen molar-refractivity contribution in [2.75, 3.05) is 39.3 Å². The van der Waals surface area contributed by atoms with E-state index in [0.717, 1.165) is 61.5 Å². The molecule has 4 aromatic rings. The molecule has 4 heterocycles. The molecular weight excluding hydrogens is 500 g/mol. The van der Waals surface area contributed by atoms with Crippen molar-refractivity contribution in [1.82, 2.24) is 29.2 Å². The Kier molecular flexibility index (Phi) is 7.42. The van der Waals surface area contributed by atoms with Gasteiger partial charge < -0.3 is 14.4 Å². The first-order valence-corrected chi connectivity index (χ1v) is 14.0. The number of imidazole rings is 1. The molecule has 40 heavy (non-hydrogen) atoms. The molecule has 0 radical (unpaired) electrons. The molecule has 2 saturated heterocycles. The molecule has 8 heteroatoms. The number of rotatable bonds is 5. The van der Waals surface area contributed by atoms with E-state index < -0.39 is 0 Å². The minimum Gasteiger partial charge on any atom is -0.336 e. The number of piperazine rings is 1. The molecule has 2 aromatic carbocycles. The fourth-order valence-electron chi connectivity index (χ4n) is 5.79. The Bertz CT molecular complexity index is 1410. The van der Waals surface area contributed by atoms with Gasteiger partial charge in [0.2, 0.25) is 0 Å². The summed E-state index contributed by atoms with van der Waals surface area (Å²) < 4.78 is 1.78. The van der Waals surface area contributed by atoms with E-state index in [4.69, 9.17) is 4.98 Å². The molecule has 0 atom stereocenters. The molecule has 0 spiro atoms. The standard InChI is InChI=1S/C32H34N6O2/c1-35-17-14-33-30(35)32(40)37-15-12-27(13-16-37)36-18-20-38(21-19-36)31(39)26-22-28(24-8-4-2-5-9-24)34-29(23-26)25-10-6-3-7-11-25/h2-11,14,17,22-23,27H,12-13,15-16,18-21H2,1H3. The smallest absolute Gasteiger partial charge is 0.289 e. The number of amides is 2. The summed E-state index contributed by atoms with van der Waals surface area (Å²) in [6.45, 7) is 4.52. The molecule has 0 aliphatic carbocycles. The van der Waals surface area contributed by atoms with Crippen molar-refractivity contribution in [2.24, 2.45) is 7.05 Å². The second kappa shape index (κ2) is 11.4. The largest absolute Gasteiger partial charge is 0.336 e. The van der Waals surface area contributed by atoms with Crippen molar-refractivity contribution in [3.05, 3.63) is 96.6 Å². The first-order valence-electron chi connectivity index (χ1n) is 14.0. The van der Waals surface area contributed by atoms with E-state index in [2.05, 4.69) is 9.88 Å². The molecule has 8 nitrogen and oxygen atoms in total. The van der Waals surface area contributed by atoms with Crippen molar-refractivity contribution in [1.29, 1.82) is 0 Å². The van der Waals surface area contributed by atoms with Gasteiger partial charge in [0.1, 0.15) is 0 Å². The third-order valence-electron chi connectivity index (χ3n) is 8.09. The van der Waals surface area contributed by atoms with Crippen LogP contribution in [-0.2, 0) is 7.05 Å². The molecule has 204 valence electrons. The number of aromatic nitrogens is 3. The molecule has 2 amide bonds. The number of carbonyl (C=O) groups excluding carboxylic acids is 2. The van der Waals surface area contributed by atoms with E-state index in [0.29, 0.717) is 30.5 Å². The fourth-order valence-corrected chi connectivity index (χ4v) is 5.79. The van der Waals surface area contributed by atoms with Crippen LogP contribution in [0.1, 0.15) is 33.8 Å². The predicted octanol–water partition coefficient (Wildman–Crippen LogP) is 4.21. The van der Waals surface area contributed by atoms with Crippen LogP contribution in [0.25, 0.3) is 22.5 Å². The van der Waals surface area contributed by atoms with Gasteiger partial charge in [-0.15, -0.1) is 0 Å². The fraction of sp³-hybridized carbons (Fsp3) is 0.312. The van der Waals surface area contributed by atoms with Gasteiger partial charge in [-0.25, -0.2) is 9.97 Å². The van der Waals surface area contributed by atoms with Gasteiger partial charge in [0, 0.05) is 81.4 Å². The molecule has 2 fully saturated rings. The Hall–Kier alpha value is -4.30. The van der Waals surface area contributed by atoms with Crippen molar-refractivity contribution in [2.45, 2.75) is 18.9 Å². The lowest BCUT2D eigenvalue weighted by Crippen LogP contribution is -2.54. The average molecular weight is 535 g/mol. The first kappa shape index (κ1) is 26.0. The molecule has 0 bridgehead atoms. The van der Waals surface area contributed by atoms with Crippen LogP contribution in [0.15, 0.2) is 85.2 Å². The van der Waals surface area contributed by atoms with E-state index in [9.17, 15) is 9.59 Å². The minimum absolute atomic E-state index is 0.00320. The van der Waals surface area contributed by atoms with Gasteiger partial charge in [0.25, 0.3) is 11.8 Å². The predicted molar refractivity (Wildman–Crippen MR) is 155 cm³/mol. The summed E-state index contributed by atoms with van der Waals surface area (Å²) in [7, 11) is 1.85. The summed E-state index contributed by atoms with van der Waals surface area (Å²) in [4.78, 5) is 42.0. The molecular formula is C32H34N6O2. The Morgan fingerprint density at radius 1 is 0.725 bits per heavy atom. The van der Waals surface area contributed by atoms with Crippen molar-refractivity contribution >= 4 is 11.8 Å². The zero-order chi connectivity index (χ0) is 27.5. The maximum Gasteiger partial charge on any atom is 0.289 e. The molecule has 2 aliphatic heterocycles. The Morgan fingerprint density at radius 2 is 1.27 bits per heavy atom.